The van der Waals surface area contributed by atoms with Crippen LogP contribution in [0.3, 0.4) is 0 Å². The molecule has 0 unspecified atom stereocenters. The number of hydrogen-bond acceptors (Lipinski definition) is 4. The molecule has 0 aliphatic rings. The highest BCUT2D eigenvalue weighted by Gasteiger charge is 2.32. The molecule has 0 saturated heterocycles. The number of ether oxygens (including phenoxy) is 4. The summed E-state index contributed by atoms with van der Waals surface area (Å²) in [4.78, 5) is 0. The second kappa shape index (κ2) is 28.8. The monoisotopic (exact) mass is 695 g/mol. The molecule has 0 fully saturated rings. The fraction of sp³-hybridized carbons (Fsp3) is 0.739. The molecule has 50 heavy (non-hydrogen) atoms. The first-order chi connectivity index (χ1) is 24.6. The fourth-order valence-corrected chi connectivity index (χ4v) is 7.89. The SMILES string of the molecule is CCCCCCCCCC(CCCCCCCCCC(OC)(OC)c1ccccc1)CCCCCCCCCC(OC)(OC)c1ccccc1. The first-order valence-corrected chi connectivity index (χ1v) is 20.9. The van der Waals surface area contributed by atoms with Crippen LogP contribution in [-0.2, 0) is 30.5 Å². The Bertz CT molecular complexity index is 928. The van der Waals surface area contributed by atoms with Crippen molar-refractivity contribution in [2.75, 3.05) is 28.4 Å². The summed E-state index contributed by atoms with van der Waals surface area (Å²) < 4.78 is 23.5. The third-order valence-corrected chi connectivity index (χ3v) is 11.2. The molecule has 2 aromatic carbocycles. The molecule has 4 nitrogen and oxygen atoms in total. The van der Waals surface area contributed by atoms with Gasteiger partial charge >= 0.3 is 0 Å². The lowest BCUT2D eigenvalue weighted by Gasteiger charge is -2.31. The van der Waals surface area contributed by atoms with Gasteiger partial charge in [0.05, 0.1) is 0 Å². The predicted octanol–water partition coefficient (Wildman–Crippen LogP) is 14.1. The van der Waals surface area contributed by atoms with E-state index in [1.807, 2.05) is 12.1 Å². The standard InChI is InChI=1S/C46H78O4/c1-6-7-8-9-12-17-24-33-42(34-25-18-13-10-15-20-31-40-45(47-2,48-3)43-36-27-22-28-37-43)35-26-19-14-11-16-21-32-41-46(49-4,50-5)44-38-29-23-30-39-44/h22-23,27-30,36-39,42H,6-21,24-26,31-35,40-41H2,1-5H3. The van der Waals surface area contributed by atoms with Gasteiger partial charge in [-0.25, -0.2) is 0 Å². The molecule has 0 spiro atoms. The average Bonchev–Trinajstić information content (AvgIpc) is 3.17. The number of methoxy groups -OCH3 is 4. The Morgan fingerprint density at radius 1 is 0.380 bits per heavy atom. The summed E-state index contributed by atoms with van der Waals surface area (Å²) in [7, 11) is 7.07. The summed E-state index contributed by atoms with van der Waals surface area (Å²) in [5.74, 6) is -0.290. The van der Waals surface area contributed by atoms with Gasteiger partial charge in [-0.1, -0.05) is 209 Å². The molecule has 0 radical (unpaired) electrons. The zero-order chi connectivity index (χ0) is 36.0. The van der Waals surface area contributed by atoms with Crippen molar-refractivity contribution in [1.82, 2.24) is 0 Å². The minimum Gasteiger partial charge on any atom is -0.349 e. The lowest BCUT2D eigenvalue weighted by Crippen LogP contribution is -2.30. The van der Waals surface area contributed by atoms with Crippen molar-refractivity contribution in [3.05, 3.63) is 71.8 Å². The van der Waals surface area contributed by atoms with E-state index in [9.17, 15) is 0 Å². The summed E-state index contributed by atoms with van der Waals surface area (Å²) in [6, 6.07) is 20.8. The van der Waals surface area contributed by atoms with Crippen LogP contribution in [0.15, 0.2) is 60.7 Å². The number of hydrogen-bond donors (Lipinski definition) is 0. The second-order valence-electron chi connectivity index (χ2n) is 14.9. The topological polar surface area (TPSA) is 36.9 Å². The Kier molecular flexibility index (Phi) is 25.6. The molecular weight excluding hydrogens is 617 g/mol. The van der Waals surface area contributed by atoms with E-state index >= 15 is 0 Å². The van der Waals surface area contributed by atoms with Crippen molar-refractivity contribution in [2.24, 2.45) is 5.92 Å². The van der Waals surface area contributed by atoms with Gasteiger partial charge in [0.2, 0.25) is 0 Å². The van der Waals surface area contributed by atoms with Crippen LogP contribution in [0.1, 0.15) is 185 Å². The van der Waals surface area contributed by atoms with Gasteiger partial charge in [-0.05, 0) is 18.8 Å². The maximum Gasteiger partial charge on any atom is 0.194 e. The highest BCUT2D eigenvalue weighted by atomic mass is 16.7. The third-order valence-electron chi connectivity index (χ3n) is 11.2. The van der Waals surface area contributed by atoms with Crippen molar-refractivity contribution in [3.8, 4) is 0 Å². The van der Waals surface area contributed by atoms with Crippen LogP contribution in [0, 0.1) is 5.92 Å². The lowest BCUT2D eigenvalue weighted by atomic mass is 9.89. The molecule has 0 bridgehead atoms. The second-order valence-corrected chi connectivity index (χ2v) is 14.9. The lowest BCUT2D eigenvalue weighted by molar-refractivity contribution is -0.221. The quantitative estimate of drug-likeness (QED) is 0.0540. The van der Waals surface area contributed by atoms with Crippen molar-refractivity contribution in [1.29, 1.82) is 0 Å². The highest BCUT2D eigenvalue weighted by molar-refractivity contribution is 5.21. The Hall–Kier alpha value is -1.72. The number of unbranched alkanes of at least 4 members (excludes halogenated alkanes) is 18. The highest BCUT2D eigenvalue weighted by Crippen LogP contribution is 2.33. The van der Waals surface area contributed by atoms with Crippen molar-refractivity contribution in [2.45, 2.75) is 185 Å². The molecule has 286 valence electrons. The molecule has 0 saturated carbocycles. The van der Waals surface area contributed by atoms with E-state index in [1.165, 1.54) is 141 Å². The third kappa shape index (κ3) is 17.7. The largest absolute Gasteiger partial charge is 0.349 e. The molecule has 0 aliphatic heterocycles. The van der Waals surface area contributed by atoms with Gasteiger partial charge in [-0.3, -0.25) is 0 Å². The van der Waals surface area contributed by atoms with Gasteiger partial charge < -0.3 is 18.9 Å². The zero-order valence-electron chi connectivity index (χ0n) is 33.4. The predicted molar refractivity (Wildman–Crippen MR) is 213 cm³/mol. The molecule has 4 heteroatoms. The van der Waals surface area contributed by atoms with E-state index in [0.29, 0.717) is 0 Å². The van der Waals surface area contributed by atoms with Gasteiger partial charge in [-0.2, -0.15) is 0 Å². The van der Waals surface area contributed by atoms with E-state index in [-0.39, 0.29) is 0 Å². The minimum atomic E-state index is -0.614. The van der Waals surface area contributed by atoms with E-state index in [4.69, 9.17) is 18.9 Å². The van der Waals surface area contributed by atoms with Gasteiger partial charge in [0.25, 0.3) is 0 Å². The average molecular weight is 695 g/mol. The maximum absolute atomic E-state index is 5.87. The van der Waals surface area contributed by atoms with Crippen molar-refractivity contribution < 1.29 is 18.9 Å². The van der Waals surface area contributed by atoms with Crippen LogP contribution in [0.4, 0.5) is 0 Å². The molecule has 0 heterocycles. The van der Waals surface area contributed by atoms with Crippen LogP contribution in [0.5, 0.6) is 0 Å². The summed E-state index contributed by atoms with van der Waals surface area (Å²) in [5.41, 5.74) is 2.23. The maximum atomic E-state index is 5.87. The Morgan fingerprint density at radius 3 is 0.960 bits per heavy atom. The summed E-state index contributed by atoms with van der Waals surface area (Å²) in [6.07, 6.45) is 34.6. The first kappa shape index (κ1) is 44.4. The Balaban J connectivity index is 1.60. The molecule has 0 aromatic heterocycles. The first-order valence-electron chi connectivity index (χ1n) is 20.9. The summed E-state index contributed by atoms with van der Waals surface area (Å²) in [5, 5.41) is 0. The van der Waals surface area contributed by atoms with Crippen molar-refractivity contribution in [3.63, 3.8) is 0 Å². The Labute approximate surface area is 309 Å². The molecule has 2 rings (SSSR count). The van der Waals surface area contributed by atoms with E-state index in [0.717, 1.165) is 42.7 Å². The minimum absolute atomic E-state index is 0.614. The molecule has 0 aliphatic carbocycles. The Morgan fingerprint density at radius 2 is 0.660 bits per heavy atom. The fourth-order valence-electron chi connectivity index (χ4n) is 7.89. The molecule has 0 amide bonds. The van der Waals surface area contributed by atoms with E-state index < -0.39 is 11.6 Å². The molecule has 0 N–H and O–H groups in total. The van der Waals surface area contributed by atoms with Gasteiger partial charge in [0.1, 0.15) is 0 Å². The molecule has 0 atom stereocenters. The van der Waals surface area contributed by atoms with Crippen molar-refractivity contribution >= 4 is 0 Å². The van der Waals surface area contributed by atoms with Gasteiger partial charge in [-0.15, -0.1) is 0 Å². The molecule has 2 aromatic rings. The molecular formula is C46H78O4. The number of rotatable bonds is 34. The zero-order valence-corrected chi connectivity index (χ0v) is 33.4. The van der Waals surface area contributed by atoms with Crippen LogP contribution in [-0.4, -0.2) is 28.4 Å². The summed E-state index contributed by atoms with van der Waals surface area (Å²) in [6.45, 7) is 2.31. The van der Waals surface area contributed by atoms with Crippen LogP contribution in [0.25, 0.3) is 0 Å². The van der Waals surface area contributed by atoms with Gasteiger partial charge in [0, 0.05) is 52.4 Å². The van der Waals surface area contributed by atoms with E-state index in [2.05, 4.69) is 55.5 Å². The van der Waals surface area contributed by atoms with Gasteiger partial charge in [0.15, 0.2) is 11.6 Å². The van der Waals surface area contributed by atoms with Crippen LogP contribution >= 0.6 is 0 Å². The van der Waals surface area contributed by atoms with Crippen LogP contribution in [0.2, 0.25) is 0 Å². The summed E-state index contributed by atoms with van der Waals surface area (Å²) >= 11 is 0. The van der Waals surface area contributed by atoms with E-state index in [1.54, 1.807) is 28.4 Å². The normalized spacial score (nSPS) is 12.3. The number of benzene rings is 2. The smallest absolute Gasteiger partial charge is 0.194 e. The van der Waals surface area contributed by atoms with Crippen LogP contribution < -0.4 is 0 Å².